The van der Waals surface area contributed by atoms with Crippen molar-refractivity contribution in [1.29, 1.82) is 0 Å². The van der Waals surface area contributed by atoms with E-state index in [1.807, 2.05) is 0 Å². The molecule has 600 valence electrons. The number of aliphatic hydroxyl groups is 1. The lowest BCUT2D eigenvalue weighted by Gasteiger charge is -2.21. The molecule has 0 saturated carbocycles. The van der Waals surface area contributed by atoms with E-state index < -0.39 is 97.5 Å². The van der Waals surface area contributed by atoms with Crippen LogP contribution in [0, 0.1) is 17.8 Å². The van der Waals surface area contributed by atoms with E-state index in [0.29, 0.717) is 31.6 Å². The van der Waals surface area contributed by atoms with Crippen LogP contribution in [0.5, 0.6) is 0 Å². The zero-order valence-electron chi connectivity index (χ0n) is 66.4. The van der Waals surface area contributed by atoms with Crippen LogP contribution < -0.4 is 0 Å². The van der Waals surface area contributed by atoms with E-state index >= 15 is 0 Å². The summed E-state index contributed by atoms with van der Waals surface area (Å²) in [5, 5.41) is 10.6. The van der Waals surface area contributed by atoms with Crippen LogP contribution in [0.25, 0.3) is 0 Å². The standard InChI is InChI=1S/C82H160O17P2/c1-8-10-11-12-13-14-15-16-17-18-19-20-24-30-35-42-49-56-63-79(84)92-69-77(98-81(86)65-58-51-43-36-31-25-22-21-23-29-34-41-48-55-62-75(7)9-2)71-96-100(88,89)94-67-76(83)68-95-101(90,91)97-72-78(70-93-80(85)64-57-50-45-38-40-47-54-61-74(5)6)99-82(87)66-59-52-44-37-32-27-26-28-33-39-46-53-60-73(3)4/h73-78,83H,8-72H2,1-7H3,(H,88,89)(H,90,91)/t75?,76-,77-,78-/m1/s1. The van der Waals surface area contributed by atoms with E-state index in [2.05, 4.69) is 48.5 Å². The van der Waals surface area contributed by atoms with Crippen molar-refractivity contribution in [1.82, 2.24) is 0 Å². The van der Waals surface area contributed by atoms with Gasteiger partial charge in [-0.25, -0.2) is 9.13 Å². The second kappa shape index (κ2) is 72.3. The number of esters is 4. The molecule has 0 aliphatic heterocycles. The maximum atomic E-state index is 13.1. The van der Waals surface area contributed by atoms with Crippen LogP contribution >= 0.6 is 15.6 Å². The molecule has 0 bridgehead atoms. The molecule has 0 radical (unpaired) electrons. The molecule has 0 aromatic carbocycles. The van der Waals surface area contributed by atoms with Gasteiger partial charge in [-0.2, -0.15) is 0 Å². The van der Waals surface area contributed by atoms with Gasteiger partial charge in [-0.15, -0.1) is 0 Å². The van der Waals surface area contributed by atoms with Gasteiger partial charge in [0.05, 0.1) is 26.4 Å². The number of hydrogen-bond donors (Lipinski definition) is 3. The molecule has 0 rings (SSSR count). The maximum Gasteiger partial charge on any atom is 0.472 e. The third kappa shape index (κ3) is 74.7. The Kier molecular flexibility index (Phi) is 70.9. The van der Waals surface area contributed by atoms with E-state index in [1.54, 1.807) is 0 Å². The molecule has 17 nitrogen and oxygen atoms in total. The van der Waals surface area contributed by atoms with Crippen LogP contribution in [-0.4, -0.2) is 96.7 Å². The summed E-state index contributed by atoms with van der Waals surface area (Å²) in [6.07, 6.45) is 61.1. The van der Waals surface area contributed by atoms with Gasteiger partial charge >= 0.3 is 39.5 Å². The largest absolute Gasteiger partial charge is 0.472 e. The first kappa shape index (κ1) is 99.1. The summed E-state index contributed by atoms with van der Waals surface area (Å²) in [6.45, 7) is 12.0. The van der Waals surface area contributed by atoms with Gasteiger partial charge in [0.2, 0.25) is 0 Å². The number of carbonyl (C=O) groups is 4. The molecular weight excluding hydrogens is 1320 g/mol. The summed E-state index contributed by atoms with van der Waals surface area (Å²) >= 11 is 0. The quantitative estimate of drug-likeness (QED) is 0.0222. The molecule has 3 unspecified atom stereocenters. The Balaban J connectivity index is 5.25. The topological polar surface area (TPSA) is 237 Å². The lowest BCUT2D eigenvalue weighted by molar-refractivity contribution is -0.161. The summed E-state index contributed by atoms with van der Waals surface area (Å²) in [6, 6.07) is 0. The molecule has 0 heterocycles. The fraction of sp³-hybridized carbons (Fsp3) is 0.951. The molecular formula is C82H160O17P2. The zero-order valence-corrected chi connectivity index (χ0v) is 68.2. The highest BCUT2D eigenvalue weighted by atomic mass is 31.2. The van der Waals surface area contributed by atoms with Gasteiger partial charge in [0.25, 0.3) is 0 Å². The molecule has 3 N–H and O–H groups in total. The first-order valence-electron chi connectivity index (χ1n) is 42.4. The lowest BCUT2D eigenvalue weighted by atomic mass is 9.99. The Hall–Kier alpha value is -1.94. The maximum absolute atomic E-state index is 13.1. The summed E-state index contributed by atoms with van der Waals surface area (Å²) < 4.78 is 68.8. The van der Waals surface area contributed by atoms with Crippen molar-refractivity contribution in [2.24, 2.45) is 17.8 Å². The second-order valence-corrected chi connectivity index (χ2v) is 33.6. The molecule has 0 aromatic heterocycles. The average molecular weight is 1480 g/mol. The number of phosphoric ester groups is 2. The Labute approximate surface area is 619 Å². The van der Waals surface area contributed by atoms with E-state index in [9.17, 15) is 43.2 Å². The zero-order chi connectivity index (χ0) is 74.4. The van der Waals surface area contributed by atoms with Crippen molar-refractivity contribution in [2.75, 3.05) is 39.6 Å². The predicted molar refractivity (Wildman–Crippen MR) is 414 cm³/mol. The number of rotatable bonds is 80. The Bertz CT molecular complexity index is 1960. The third-order valence-corrected chi connectivity index (χ3v) is 21.4. The van der Waals surface area contributed by atoms with Crippen LogP contribution in [-0.2, 0) is 65.4 Å². The Morgan fingerprint density at radius 3 is 0.752 bits per heavy atom. The minimum absolute atomic E-state index is 0.106. The number of carbonyl (C=O) groups excluding carboxylic acids is 4. The van der Waals surface area contributed by atoms with E-state index in [4.69, 9.17) is 37.0 Å². The number of aliphatic hydroxyl groups excluding tert-OH is 1. The average Bonchev–Trinajstić information content (AvgIpc) is 0.961. The fourth-order valence-electron chi connectivity index (χ4n) is 12.6. The van der Waals surface area contributed by atoms with Crippen LogP contribution in [0.3, 0.4) is 0 Å². The van der Waals surface area contributed by atoms with E-state index in [-0.39, 0.29) is 25.7 Å². The summed E-state index contributed by atoms with van der Waals surface area (Å²) in [7, 11) is -9.92. The number of phosphoric acid groups is 2. The molecule has 0 aliphatic carbocycles. The molecule has 0 fully saturated rings. The minimum atomic E-state index is -4.96. The highest BCUT2D eigenvalue weighted by Gasteiger charge is 2.30. The Morgan fingerprint density at radius 1 is 0.287 bits per heavy atom. The van der Waals surface area contributed by atoms with Crippen LogP contribution in [0.4, 0.5) is 0 Å². The molecule has 19 heteroatoms. The summed E-state index contributed by atoms with van der Waals surface area (Å²) in [4.78, 5) is 73.1. The molecule has 0 saturated heterocycles. The lowest BCUT2D eigenvalue weighted by Crippen LogP contribution is -2.30. The molecule has 6 atom stereocenters. The predicted octanol–water partition coefficient (Wildman–Crippen LogP) is 24.5. The number of hydrogen-bond acceptors (Lipinski definition) is 15. The van der Waals surface area contributed by atoms with Gasteiger partial charge < -0.3 is 33.8 Å². The van der Waals surface area contributed by atoms with Gasteiger partial charge in [-0.05, 0) is 43.4 Å². The molecule has 0 aliphatic rings. The van der Waals surface area contributed by atoms with Crippen molar-refractivity contribution in [3.05, 3.63) is 0 Å². The van der Waals surface area contributed by atoms with Crippen LogP contribution in [0.15, 0.2) is 0 Å². The SMILES string of the molecule is CCCCCCCCCCCCCCCCCCCCC(=O)OC[C@H](COP(=O)(O)OC[C@@H](O)COP(=O)(O)OC[C@@H](COC(=O)CCCCCCCCCC(C)C)OC(=O)CCCCCCCCCCCCCCC(C)C)OC(=O)CCCCCCCCCCCCCCCCC(C)CC. The summed E-state index contributed by atoms with van der Waals surface area (Å²) in [5.41, 5.74) is 0. The van der Waals surface area contributed by atoms with Gasteiger partial charge in [0.15, 0.2) is 12.2 Å². The normalized spacial score (nSPS) is 14.2. The highest BCUT2D eigenvalue weighted by molar-refractivity contribution is 7.47. The molecule has 0 amide bonds. The Morgan fingerprint density at radius 2 is 0.505 bits per heavy atom. The van der Waals surface area contributed by atoms with Crippen molar-refractivity contribution in [3.63, 3.8) is 0 Å². The minimum Gasteiger partial charge on any atom is -0.462 e. The van der Waals surface area contributed by atoms with E-state index in [1.165, 1.54) is 231 Å². The van der Waals surface area contributed by atoms with Crippen molar-refractivity contribution >= 4 is 39.5 Å². The number of ether oxygens (including phenoxy) is 4. The van der Waals surface area contributed by atoms with Crippen molar-refractivity contribution < 1.29 is 80.2 Å². The highest BCUT2D eigenvalue weighted by Crippen LogP contribution is 2.45. The van der Waals surface area contributed by atoms with Gasteiger partial charge in [0.1, 0.15) is 19.3 Å². The van der Waals surface area contributed by atoms with Crippen molar-refractivity contribution in [2.45, 2.75) is 446 Å². The monoisotopic (exact) mass is 1480 g/mol. The fourth-order valence-corrected chi connectivity index (χ4v) is 14.2. The van der Waals surface area contributed by atoms with Crippen molar-refractivity contribution in [3.8, 4) is 0 Å². The van der Waals surface area contributed by atoms with Crippen LogP contribution in [0.2, 0.25) is 0 Å². The first-order valence-corrected chi connectivity index (χ1v) is 45.4. The molecule has 101 heavy (non-hydrogen) atoms. The van der Waals surface area contributed by atoms with E-state index in [0.717, 1.165) is 108 Å². The van der Waals surface area contributed by atoms with Gasteiger partial charge in [0, 0.05) is 25.7 Å². The molecule has 0 spiro atoms. The van der Waals surface area contributed by atoms with Gasteiger partial charge in [-0.3, -0.25) is 37.3 Å². The third-order valence-electron chi connectivity index (χ3n) is 19.5. The summed E-state index contributed by atoms with van der Waals surface area (Å²) in [5.74, 6) is 0.217. The molecule has 0 aromatic rings. The van der Waals surface area contributed by atoms with Gasteiger partial charge in [-0.1, -0.05) is 376 Å². The smallest absolute Gasteiger partial charge is 0.462 e. The first-order chi connectivity index (χ1) is 48.8. The number of unbranched alkanes of at least 4 members (excludes halogenated alkanes) is 47. The second-order valence-electron chi connectivity index (χ2n) is 30.7. The van der Waals surface area contributed by atoms with Crippen LogP contribution in [0.1, 0.15) is 427 Å².